The lowest BCUT2D eigenvalue weighted by atomic mass is 10.1. The fraction of sp³-hybridized carbons (Fsp3) is 0.0714. The summed E-state index contributed by atoms with van der Waals surface area (Å²) in [5.74, 6) is -0.0453. The van der Waals surface area contributed by atoms with E-state index in [-0.39, 0.29) is 5.91 Å². The molecule has 0 saturated carbocycles. The fourth-order valence-electron chi connectivity index (χ4n) is 2.08. The molecule has 1 amide bonds. The summed E-state index contributed by atoms with van der Waals surface area (Å²) in [7, 11) is 0. The van der Waals surface area contributed by atoms with Crippen LogP contribution in [0.5, 0.6) is 0 Å². The van der Waals surface area contributed by atoms with E-state index in [2.05, 4.69) is 33.4 Å². The molecule has 1 N–H and O–H groups in total. The van der Waals surface area contributed by atoms with E-state index in [0.717, 1.165) is 14.9 Å². The Morgan fingerprint density at radius 3 is 2.78 bits per heavy atom. The van der Waals surface area contributed by atoms with Gasteiger partial charge in [-0.3, -0.25) is 4.79 Å². The molecular weight excluding hydrogens is 310 g/mol. The van der Waals surface area contributed by atoms with Gasteiger partial charge < -0.3 is 5.32 Å². The monoisotopic (exact) mass is 319 g/mol. The first kappa shape index (κ1) is 11.7. The summed E-state index contributed by atoms with van der Waals surface area (Å²) in [6.45, 7) is 1.53. The molecule has 0 aliphatic rings. The van der Waals surface area contributed by atoms with Crippen molar-refractivity contribution in [2.24, 2.45) is 0 Å². The van der Waals surface area contributed by atoms with Gasteiger partial charge in [-0.05, 0) is 18.2 Å². The van der Waals surface area contributed by atoms with E-state index in [0.29, 0.717) is 0 Å². The summed E-state index contributed by atoms with van der Waals surface area (Å²) in [4.78, 5) is 11.2. The van der Waals surface area contributed by atoms with Gasteiger partial charge in [-0.25, -0.2) is 0 Å². The van der Waals surface area contributed by atoms with Crippen molar-refractivity contribution in [1.29, 1.82) is 0 Å². The molecule has 3 aromatic rings. The molecule has 2 nitrogen and oxygen atoms in total. The zero-order valence-electron chi connectivity index (χ0n) is 9.66. The van der Waals surface area contributed by atoms with Crippen LogP contribution in [0.3, 0.4) is 0 Å². The molecule has 4 heteroatoms. The molecule has 18 heavy (non-hydrogen) atoms. The molecule has 0 unspecified atom stereocenters. The zero-order valence-corrected chi connectivity index (χ0v) is 12.1. The van der Waals surface area contributed by atoms with Crippen molar-refractivity contribution in [3.63, 3.8) is 0 Å². The van der Waals surface area contributed by atoms with E-state index in [9.17, 15) is 4.79 Å². The van der Waals surface area contributed by atoms with E-state index in [1.807, 2.05) is 24.3 Å². The van der Waals surface area contributed by atoms with Crippen LogP contribution in [0.4, 0.5) is 5.69 Å². The Bertz CT molecular complexity index is 763. The number of benzene rings is 2. The topological polar surface area (TPSA) is 29.1 Å². The second-order valence-corrected chi connectivity index (χ2v) is 5.99. The Morgan fingerprint density at radius 1 is 1.22 bits per heavy atom. The predicted octanol–water partition coefficient (Wildman–Crippen LogP) is 4.78. The van der Waals surface area contributed by atoms with Crippen LogP contribution >= 0.6 is 27.3 Å². The molecule has 0 atom stereocenters. The van der Waals surface area contributed by atoms with Crippen LogP contribution in [0.15, 0.2) is 40.9 Å². The predicted molar refractivity (Wildman–Crippen MR) is 81.3 cm³/mol. The number of carbonyl (C=O) groups excluding carboxylic acids is 1. The summed E-state index contributed by atoms with van der Waals surface area (Å²) < 4.78 is 3.40. The van der Waals surface area contributed by atoms with Crippen molar-refractivity contribution in [3.8, 4) is 0 Å². The molecular formula is C14H10BrNOS. The van der Waals surface area contributed by atoms with Gasteiger partial charge in [-0.15, -0.1) is 11.3 Å². The number of amides is 1. The fourth-order valence-corrected chi connectivity index (χ4v) is 3.95. The Morgan fingerprint density at radius 2 is 2.00 bits per heavy atom. The minimum atomic E-state index is -0.0453. The Balaban J connectivity index is 2.41. The standard InChI is InChI=1S/C14H10BrNOS/c1-8(17)16-11-7-6-10(15)13-9-4-2-3-5-12(9)18-14(11)13/h2-7H,1H3,(H,16,17). The summed E-state index contributed by atoms with van der Waals surface area (Å²) in [5.41, 5.74) is 0.877. The van der Waals surface area contributed by atoms with Gasteiger partial charge in [0.05, 0.1) is 10.4 Å². The van der Waals surface area contributed by atoms with E-state index in [1.54, 1.807) is 11.3 Å². The van der Waals surface area contributed by atoms with E-state index < -0.39 is 0 Å². The van der Waals surface area contributed by atoms with Crippen LogP contribution in [-0.2, 0) is 4.79 Å². The Kier molecular flexibility index (Phi) is 2.84. The molecule has 90 valence electrons. The van der Waals surface area contributed by atoms with E-state index in [1.165, 1.54) is 22.4 Å². The quantitative estimate of drug-likeness (QED) is 0.687. The van der Waals surface area contributed by atoms with Crippen molar-refractivity contribution in [2.45, 2.75) is 6.92 Å². The number of hydrogen-bond acceptors (Lipinski definition) is 2. The lowest BCUT2D eigenvalue weighted by Crippen LogP contribution is -2.05. The third kappa shape index (κ3) is 1.82. The number of nitrogens with one attached hydrogen (secondary N) is 1. The highest BCUT2D eigenvalue weighted by atomic mass is 79.9. The average molecular weight is 320 g/mol. The molecule has 0 bridgehead atoms. The van der Waals surface area contributed by atoms with E-state index >= 15 is 0 Å². The highest BCUT2D eigenvalue weighted by Gasteiger charge is 2.12. The number of thiophene rings is 1. The molecule has 3 rings (SSSR count). The first-order valence-corrected chi connectivity index (χ1v) is 7.15. The van der Waals surface area contributed by atoms with Crippen LogP contribution in [-0.4, -0.2) is 5.91 Å². The molecule has 1 aromatic heterocycles. The van der Waals surface area contributed by atoms with Crippen molar-refractivity contribution < 1.29 is 4.79 Å². The smallest absolute Gasteiger partial charge is 0.221 e. The maximum atomic E-state index is 11.2. The molecule has 0 saturated heterocycles. The van der Waals surface area contributed by atoms with Gasteiger partial charge in [-0.1, -0.05) is 34.1 Å². The average Bonchev–Trinajstić information content (AvgIpc) is 2.72. The molecule has 0 spiro atoms. The third-order valence-electron chi connectivity index (χ3n) is 2.79. The summed E-state index contributed by atoms with van der Waals surface area (Å²) in [6, 6.07) is 12.2. The summed E-state index contributed by atoms with van der Waals surface area (Å²) in [5, 5.41) is 5.27. The van der Waals surface area contributed by atoms with Gasteiger partial charge in [-0.2, -0.15) is 0 Å². The molecule has 1 heterocycles. The third-order valence-corrected chi connectivity index (χ3v) is 4.65. The second kappa shape index (κ2) is 4.37. The number of carbonyl (C=O) groups is 1. The largest absolute Gasteiger partial charge is 0.325 e. The van der Waals surface area contributed by atoms with Gasteiger partial charge in [0.25, 0.3) is 0 Å². The van der Waals surface area contributed by atoms with Crippen LogP contribution in [0.25, 0.3) is 20.2 Å². The molecule has 0 radical (unpaired) electrons. The second-order valence-electron chi connectivity index (χ2n) is 4.08. The van der Waals surface area contributed by atoms with Crippen molar-refractivity contribution in [3.05, 3.63) is 40.9 Å². The van der Waals surface area contributed by atoms with E-state index in [4.69, 9.17) is 0 Å². The van der Waals surface area contributed by atoms with Gasteiger partial charge in [0.2, 0.25) is 5.91 Å². The zero-order chi connectivity index (χ0) is 12.7. The van der Waals surface area contributed by atoms with Crippen molar-refractivity contribution in [1.82, 2.24) is 0 Å². The number of hydrogen-bond donors (Lipinski definition) is 1. The molecule has 2 aromatic carbocycles. The molecule has 0 fully saturated rings. The Hall–Kier alpha value is -1.39. The molecule has 0 aliphatic heterocycles. The minimum absolute atomic E-state index is 0.0453. The lowest BCUT2D eigenvalue weighted by Gasteiger charge is -2.04. The number of anilines is 1. The Labute approximate surface area is 117 Å². The minimum Gasteiger partial charge on any atom is -0.325 e. The molecule has 0 aliphatic carbocycles. The highest BCUT2D eigenvalue weighted by molar-refractivity contribution is 9.10. The summed E-state index contributed by atoms with van der Waals surface area (Å²) >= 11 is 5.29. The maximum absolute atomic E-state index is 11.2. The van der Waals surface area contributed by atoms with Gasteiger partial charge in [0.1, 0.15) is 0 Å². The SMILES string of the molecule is CC(=O)Nc1ccc(Br)c2c1sc1ccccc12. The van der Waals surface area contributed by atoms with Gasteiger partial charge in [0.15, 0.2) is 0 Å². The first-order chi connectivity index (χ1) is 8.66. The van der Waals surface area contributed by atoms with Crippen LogP contribution in [0.2, 0.25) is 0 Å². The van der Waals surface area contributed by atoms with Gasteiger partial charge >= 0.3 is 0 Å². The number of fused-ring (bicyclic) bond motifs is 3. The van der Waals surface area contributed by atoms with Crippen molar-refractivity contribution in [2.75, 3.05) is 5.32 Å². The van der Waals surface area contributed by atoms with Crippen LogP contribution < -0.4 is 5.32 Å². The van der Waals surface area contributed by atoms with Crippen molar-refractivity contribution >= 4 is 59.0 Å². The van der Waals surface area contributed by atoms with Gasteiger partial charge in [0, 0.05) is 26.9 Å². The first-order valence-electron chi connectivity index (χ1n) is 5.54. The number of halogens is 1. The summed E-state index contributed by atoms with van der Waals surface area (Å²) in [6.07, 6.45) is 0. The highest BCUT2D eigenvalue weighted by Crippen LogP contribution is 2.41. The van der Waals surface area contributed by atoms with Crippen LogP contribution in [0, 0.1) is 0 Å². The maximum Gasteiger partial charge on any atom is 0.221 e. The lowest BCUT2D eigenvalue weighted by molar-refractivity contribution is -0.114. The normalized spacial score (nSPS) is 11.0. The number of rotatable bonds is 1. The van der Waals surface area contributed by atoms with Crippen LogP contribution in [0.1, 0.15) is 6.92 Å².